The standard InChI is InChI=1S/C22H20N4OS/c1-16-15-28-21(25-16)13-23-22(27)20-6-3-2-5-19(20)18-9-7-17(8-10-18)14-26-12-4-11-24-26/h2-12,15H,13-14H2,1H3,(H,23,27). The van der Waals surface area contributed by atoms with Crippen LogP contribution >= 0.6 is 11.3 Å². The van der Waals surface area contributed by atoms with Crippen molar-refractivity contribution < 1.29 is 4.79 Å². The number of carbonyl (C=O) groups is 1. The van der Waals surface area contributed by atoms with Gasteiger partial charge in [0.2, 0.25) is 0 Å². The number of hydrogen-bond donors (Lipinski definition) is 1. The molecule has 0 atom stereocenters. The summed E-state index contributed by atoms with van der Waals surface area (Å²) in [6.45, 7) is 3.12. The van der Waals surface area contributed by atoms with E-state index >= 15 is 0 Å². The van der Waals surface area contributed by atoms with Crippen LogP contribution in [-0.4, -0.2) is 20.7 Å². The van der Waals surface area contributed by atoms with Crippen LogP contribution in [0.2, 0.25) is 0 Å². The summed E-state index contributed by atoms with van der Waals surface area (Å²) >= 11 is 1.56. The number of hydrogen-bond acceptors (Lipinski definition) is 4. The molecule has 1 amide bonds. The van der Waals surface area contributed by atoms with Gasteiger partial charge in [-0.05, 0) is 35.7 Å². The second kappa shape index (κ2) is 8.19. The van der Waals surface area contributed by atoms with Gasteiger partial charge >= 0.3 is 0 Å². The number of nitrogens with one attached hydrogen (secondary N) is 1. The molecule has 5 nitrogen and oxygen atoms in total. The monoisotopic (exact) mass is 388 g/mol. The molecular weight excluding hydrogens is 368 g/mol. The molecule has 2 aromatic heterocycles. The van der Waals surface area contributed by atoms with Gasteiger partial charge in [0.15, 0.2) is 0 Å². The van der Waals surface area contributed by atoms with E-state index < -0.39 is 0 Å². The summed E-state index contributed by atoms with van der Waals surface area (Å²) in [5.41, 5.74) is 4.73. The number of nitrogens with zero attached hydrogens (tertiary/aromatic N) is 3. The molecule has 4 aromatic rings. The van der Waals surface area contributed by atoms with Crippen molar-refractivity contribution in [1.29, 1.82) is 0 Å². The third kappa shape index (κ3) is 4.18. The predicted octanol–water partition coefficient (Wildman–Crippen LogP) is 4.29. The molecule has 0 aliphatic heterocycles. The molecule has 140 valence electrons. The Morgan fingerprint density at radius 2 is 1.93 bits per heavy atom. The third-order valence-corrected chi connectivity index (χ3v) is 5.37. The molecule has 6 heteroatoms. The molecule has 0 radical (unpaired) electrons. The molecule has 0 bridgehead atoms. The third-order valence-electron chi connectivity index (χ3n) is 4.41. The number of aromatic nitrogens is 3. The maximum absolute atomic E-state index is 12.8. The highest BCUT2D eigenvalue weighted by Crippen LogP contribution is 2.24. The van der Waals surface area contributed by atoms with Crippen molar-refractivity contribution in [3.63, 3.8) is 0 Å². The topological polar surface area (TPSA) is 59.8 Å². The second-order valence-corrected chi connectivity index (χ2v) is 7.45. The van der Waals surface area contributed by atoms with Crippen LogP contribution in [0.5, 0.6) is 0 Å². The van der Waals surface area contributed by atoms with Crippen LogP contribution in [0.1, 0.15) is 26.6 Å². The van der Waals surface area contributed by atoms with Gasteiger partial charge in [-0.3, -0.25) is 9.48 Å². The summed E-state index contributed by atoms with van der Waals surface area (Å²) < 4.78 is 1.89. The zero-order valence-corrected chi connectivity index (χ0v) is 16.3. The highest BCUT2D eigenvalue weighted by Gasteiger charge is 2.13. The van der Waals surface area contributed by atoms with E-state index in [1.807, 2.05) is 53.5 Å². The van der Waals surface area contributed by atoms with Crippen molar-refractivity contribution in [3.8, 4) is 11.1 Å². The summed E-state index contributed by atoms with van der Waals surface area (Å²) in [4.78, 5) is 17.1. The Morgan fingerprint density at radius 3 is 2.64 bits per heavy atom. The van der Waals surface area contributed by atoms with Gasteiger partial charge in [0.25, 0.3) is 5.91 Å². The maximum Gasteiger partial charge on any atom is 0.252 e. The van der Waals surface area contributed by atoms with Crippen LogP contribution in [0, 0.1) is 6.92 Å². The summed E-state index contributed by atoms with van der Waals surface area (Å²) in [7, 11) is 0. The summed E-state index contributed by atoms with van der Waals surface area (Å²) in [5.74, 6) is -0.0935. The van der Waals surface area contributed by atoms with Gasteiger partial charge in [-0.1, -0.05) is 42.5 Å². The van der Waals surface area contributed by atoms with Gasteiger partial charge in [-0.15, -0.1) is 11.3 Å². The Bertz CT molecular complexity index is 1070. The average molecular weight is 388 g/mol. The Balaban J connectivity index is 1.51. The van der Waals surface area contributed by atoms with Crippen LogP contribution < -0.4 is 5.32 Å². The zero-order valence-electron chi connectivity index (χ0n) is 15.5. The molecule has 0 saturated carbocycles. The van der Waals surface area contributed by atoms with Crippen molar-refractivity contribution in [1.82, 2.24) is 20.1 Å². The molecule has 2 heterocycles. The summed E-state index contributed by atoms with van der Waals surface area (Å²) in [6.07, 6.45) is 3.72. The van der Waals surface area contributed by atoms with Gasteiger partial charge in [-0.2, -0.15) is 5.10 Å². The molecule has 0 aliphatic carbocycles. The van der Waals surface area contributed by atoms with Crippen molar-refractivity contribution in [2.75, 3.05) is 0 Å². The lowest BCUT2D eigenvalue weighted by Crippen LogP contribution is -2.23. The summed E-state index contributed by atoms with van der Waals surface area (Å²) in [5, 5.41) is 10.1. The van der Waals surface area contributed by atoms with E-state index in [1.165, 1.54) is 0 Å². The van der Waals surface area contributed by atoms with Gasteiger partial charge in [0.05, 0.1) is 13.1 Å². The van der Waals surface area contributed by atoms with Crippen molar-refractivity contribution in [2.24, 2.45) is 0 Å². The van der Waals surface area contributed by atoms with E-state index in [1.54, 1.807) is 17.5 Å². The van der Waals surface area contributed by atoms with Crippen molar-refractivity contribution >= 4 is 17.2 Å². The molecule has 0 saturated heterocycles. The van der Waals surface area contributed by atoms with Crippen LogP contribution in [0.15, 0.2) is 72.4 Å². The number of carbonyl (C=O) groups excluding carboxylic acids is 1. The quantitative estimate of drug-likeness (QED) is 0.536. The highest BCUT2D eigenvalue weighted by atomic mass is 32.1. The Kier molecular flexibility index (Phi) is 5.30. The van der Waals surface area contributed by atoms with E-state index in [0.717, 1.165) is 33.9 Å². The number of amides is 1. The van der Waals surface area contributed by atoms with Crippen LogP contribution in [0.4, 0.5) is 0 Å². The van der Waals surface area contributed by atoms with Gasteiger partial charge in [0.1, 0.15) is 5.01 Å². The number of thiazole rings is 1. The van der Waals surface area contributed by atoms with Crippen LogP contribution in [0.25, 0.3) is 11.1 Å². The minimum absolute atomic E-state index is 0.0935. The minimum Gasteiger partial charge on any atom is -0.346 e. The smallest absolute Gasteiger partial charge is 0.252 e. The van der Waals surface area contributed by atoms with E-state index in [0.29, 0.717) is 12.1 Å². The van der Waals surface area contributed by atoms with Gasteiger partial charge < -0.3 is 5.32 Å². The second-order valence-electron chi connectivity index (χ2n) is 6.51. The lowest BCUT2D eigenvalue weighted by atomic mass is 9.98. The first-order valence-electron chi connectivity index (χ1n) is 9.04. The molecule has 0 spiro atoms. The van der Waals surface area contributed by atoms with E-state index in [2.05, 4.69) is 39.7 Å². The molecular formula is C22H20N4OS. The van der Waals surface area contributed by atoms with E-state index in [9.17, 15) is 4.79 Å². The lowest BCUT2D eigenvalue weighted by Gasteiger charge is -2.11. The van der Waals surface area contributed by atoms with E-state index in [4.69, 9.17) is 0 Å². The first-order valence-corrected chi connectivity index (χ1v) is 9.92. The maximum atomic E-state index is 12.8. The largest absolute Gasteiger partial charge is 0.346 e. The number of aryl methyl sites for hydroxylation is 1. The Morgan fingerprint density at radius 1 is 1.11 bits per heavy atom. The molecule has 28 heavy (non-hydrogen) atoms. The van der Waals surface area contributed by atoms with Crippen molar-refractivity contribution in [2.45, 2.75) is 20.0 Å². The fraction of sp³-hybridized carbons (Fsp3) is 0.136. The van der Waals surface area contributed by atoms with E-state index in [-0.39, 0.29) is 5.91 Å². The summed E-state index contributed by atoms with van der Waals surface area (Å²) in [6, 6.07) is 17.8. The lowest BCUT2D eigenvalue weighted by molar-refractivity contribution is 0.0951. The average Bonchev–Trinajstić information content (AvgIpc) is 3.38. The minimum atomic E-state index is -0.0935. The first-order chi connectivity index (χ1) is 13.7. The Labute approximate surface area is 167 Å². The molecule has 0 fully saturated rings. The molecule has 4 rings (SSSR count). The number of benzene rings is 2. The van der Waals surface area contributed by atoms with Crippen LogP contribution in [0.3, 0.4) is 0 Å². The Hall–Kier alpha value is -3.25. The van der Waals surface area contributed by atoms with Crippen LogP contribution in [-0.2, 0) is 13.1 Å². The predicted molar refractivity (Wildman–Crippen MR) is 111 cm³/mol. The molecule has 0 unspecified atom stereocenters. The van der Waals surface area contributed by atoms with Gasteiger partial charge in [0, 0.05) is 29.0 Å². The fourth-order valence-corrected chi connectivity index (χ4v) is 3.75. The SMILES string of the molecule is Cc1csc(CNC(=O)c2ccccc2-c2ccc(Cn3cccn3)cc2)n1. The first kappa shape index (κ1) is 18.1. The zero-order chi connectivity index (χ0) is 19.3. The normalized spacial score (nSPS) is 10.8. The molecule has 2 aromatic carbocycles. The fourth-order valence-electron chi connectivity index (χ4n) is 3.04. The van der Waals surface area contributed by atoms with Crippen molar-refractivity contribution in [3.05, 3.63) is 94.2 Å². The molecule has 0 aliphatic rings. The van der Waals surface area contributed by atoms with Gasteiger partial charge in [-0.25, -0.2) is 4.98 Å². The number of rotatable bonds is 6. The molecule has 1 N–H and O–H groups in total. The highest BCUT2D eigenvalue weighted by molar-refractivity contribution is 7.09.